The van der Waals surface area contributed by atoms with Gasteiger partial charge in [-0.1, -0.05) is 18.6 Å². The van der Waals surface area contributed by atoms with Crippen molar-refractivity contribution in [3.8, 4) is 11.4 Å². The largest absolute Gasteiger partial charge is 0.328 e. The van der Waals surface area contributed by atoms with Crippen molar-refractivity contribution in [1.29, 1.82) is 0 Å². The molecule has 0 aliphatic carbocycles. The normalized spacial score (nSPS) is 15.4. The van der Waals surface area contributed by atoms with Crippen molar-refractivity contribution >= 4 is 11.6 Å². The molecule has 0 fully saturated rings. The minimum Gasteiger partial charge on any atom is -0.328 e. The van der Waals surface area contributed by atoms with Crippen LogP contribution in [0, 0.1) is 0 Å². The average molecular weight is 327 g/mol. The molecule has 6 heteroatoms. The number of amides is 1. The van der Waals surface area contributed by atoms with Crippen molar-refractivity contribution < 1.29 is 4.79 Å². The maximum Gasteiger partial charge on any atom is 0.224 e. The molecule has 3 N–H and O–H groups in total. The second-order valence-corrected chi connectivity index (χ2v) is 6.55. The van der Waals surface area contributed by atoms with Gasteiger partial charge < -0.3 is 15.6 Å². The summed E-state index contributed by atoms with van der Waals surface area (Å²) in [5.74, 6) is 1.94. The number of hydrogen-bond acceptors (Lipinski definition) is 4. The highest BCUT2D eigenvalue weighted by Crippen LogP contribution is 2.24. The predicted molar refractivity (Wildman–Crippen MR) is 94.5 cm³/mol. The Balaban J connectivity index is 1.76. The second-order valence-electron chi connectivity index (χ2n) is 6.55. The van der Waals surface area contributed by atoms with Gasteiger partial charge in [0.1, 0.15) is 5.82 Å². The van der Waals surface area contributed by atoms with Crippen LogP contribution in [0.15, 0.2) is 24.3 Å². The molecule has 6 nitrogen and oxygen atoms in total. The molecule has 0 saturated carbocycles. The van der Waals surface area contributed by atoms with Crippen LogP contribution in [0.5, 0.6) is 0 Å². The van der Waals surface area contributed by atoms with E-state index in [9.17, 15) is 4.79 Å². The van der Waals surface area contributed by atoms with Crippen LogP contribution in [0.25, 0.3) is 11.4 Å². The zero-order chi connectivity index (χ0) is 16.9. The summed E-state index contributed by atoms with van der Waals surface area (Å²) in [6.45, 7) is 2.87. The van der Waals surface area contributed by atoms with E-state index in [-0.39, 0.29) is 11.9 Å². The average Bonchev–Trinajstić information content (AvgIpc) is 2.82. The van der Waals surface area contributed by atoms with Gasteiger partial charge in [-0.15, -0.1) is 10.2 Å². The number of carbonyl (C=O) groups excluding carboxylic acids is 1. The maximum absolute atomic E-state index is 12.0. The first-order chi connectivity index (χ1) is 11.6. The van der Waals surface area contributed by atoms with Crippen molar-refractivity contribution in [2.45, 2.75) is 58.0 Å². The highest BCUT2D eigenvalue weighted by molar-refractivity contribution is 5.91. The number of fused-ring (bicyclic) bond motifs is 1. The molecule has 1 aliphatic heterocycles. The zero-order valence-electron chi connectivity index (χ0n) is 14.2. The fraction of sp³-hybridized carbons (Fsp3) is 0.500. The molecule has 0 radical (unpaired) electrons. The zero-order valence-corrected chi connectivity index (χ0v) is 14.2. The van der Waals surface area contributed by atoms with Crippen LogP contribution < -0.4 is 11.1 Å². The lowest BCUT2D eigenvalue weighted by atomic mass is 10.1. The van der Waals surface area contributed by atoms with E-state index in [1.165, 1.54) is 12.8 Å². The molecule has 3 rings (SSSR count). The van der Waals surface area contributed by atoms with Crippen LogP contribution in [-0.2, 0) is 17.8 Å². The summed E-state index contributed by atoms with van der Waals surface area (Å²) in [6.07, 6.45) is 5.67. The van der Waals surface area contributed by atoms with Gasteiger partial charge in [0.2, 0.25) is 5.91 Å². The predicted octanol–water partition coefficient (Wildman–Crippen LogP) is 2.74. The molecule has 1 aliphatic rings. The van der Waals surface area contributed by atoms with E-state index >= 15 is 0 Å². The van der Waals surface area contributed by atoms with Crippen molar-refractivity contribution in [2.24, 2.45) is 5.73 Å². The number of aryl methyl sites for hydroxylation is 1. The van der Waals surface area contributed by atoms with Crippen LogP contribution in [0.1, 0.15) is 44.9 Å². The molecule has 1 unspecified atom stereocenters. The first-order valence-electron chi connectivity index (χ1n) is 8.71. The van der Waals surface area contributed by atoms with Crippen LogP contribution in [0.2, 0.25) is 0 Å². The Bertz CT molecular complexity index is 707. The van der Waals surface area contributed by atoms with Crippen molar-refractivity contribution in [2.75, 3.05) is 5.32 Å². The van der Waals surface area contributed by atoms with Gasteiger partial charge in [0, 0.05) is 36.7 Å². The smallest absolute Gasteiger partial charge is 0.224 e. The third kappa shape index (κ3) is 4.00. The number of nitrogens with one attached hydrogen (secondary N) is 1. The molecule has 1 atom stereocenters. The number of benzene rings is 1. The maximum atomic E-state index is 12.0. The van der Waals surface area contributed by atoms with Gasteiger partial charge in [0.15, 0.2) is 5.82 Å². The Morgan fingerprint density at radius 1 is 1.33 bits per heavy atom. The molecule has 0 bridgehead atoms. The summed E-state index contributed by atoms with van der Waals surface area (Å²) in [7, 11) is 0. The Morgan fingerprint density at radius 3 is 3.04 bits per heavy atom. The van der Waals surface area contributed by atoms with Crippen LogP contribution in [0.4, 0.5) is 5.69 Å². The summed E-state index contributed by atoms with van der Waals surface area (Å²) in [6, 6.07) is 7.85. The Hall–Kier alpha value is -2.21. The number of hydrogen-bond donors (Lipinski definition) is 2. The molecule has 2 aromatic rings. The fourth-order valence-corrected chi connectivity index (χ4v) is 3.02. The van der Waals surface area contributed by atoms with Crippen molar-refractivity contribution in [3.63, 3.8) is 0 Å². The van der Waals surface area contributed by atoms with Crippen molar-refractivity contribution in [1.82, 2.24) is 14.8 Å². The Kier molecular flexibility index (Phi) is 5.25. The highest BCUT2D eigenvalue weighted by Gasteiger charge is 2.16. The number of aromatic nitrogens is 3. The van der Waals surface area contributed by atoms with E-state index in [4.69, 9.17) is 5.73 Å². The monoisotopic (exact) mass is 327 g/mol. The number of nitrogens with zero attached hydrogens (tertiary/aromatic N) is 3. The molecule has 0 saturated heterocycles. The lowest BCUT2D eigenvalue weighted by Crippen LogP contribution is -2.19. The molecule has 2 heterocycles. The SMILES string of the molecule is CC(N)CCC(=O)Nc1cccc(-c2nnc3n2CCCCC3)c1. The fourth-order valence-electron chi connectivity index (χ4n) is 3.02. The first-order valence-corrected chi connectivity index (χ1v) is 8.71. The van der Waals surface area contributed by atoms with Gasteiger partial charge in [-0.2, -0.15) is 0 Å². The van der Waals surface area contributed by atoms with Crippen LogP contribution in [-0.4, -0.2) is 26.7 Å². The van der Waals surface area contributed by atoms with Gasteiger partial charge in [-0.05, 0) is 38.3 Å². The summed E-state index contributed by atoms with van der Waals surface area (Å²) >= 11 is 0. The molecule has 1 aromatic heterocycles. The molecule has 24 heavy (non-hydrogen) atoms. The van der Waals surface area contributed by atoms with E-state index in [1.54, 1.807) is 0 Å². The van der Waals surface area contributed by atoms with Gasteiger partial charge in [-0.3, -0.25) is 4.79 Å². The van der Waals surface area contributed by atoms with Gasteiger partial charge in [0.25, 0.3) is 0 Å². The molecule has 0 spiro atoms. The minimum absolute atomic E-state index is 0.00970. The molecular formula is C18H25N5O. The van der Waals surface area contributed by atoms with Crippen LogP contribution in [0.3, 0.4) is 0 Å². The molecular weight excluding hydrogens is 302 g/mol. The number of nitrogens with two attached hydrogens (primary N) is 1. The Labute approximate surface area is 142 Å². The van der Waals surface area contributed by atoms with E-state index in [2.05, 4.69) is 20.1 Å². The summed E-state index contributed by atoms with van der Waals surface area (Å²) in [5.41, 5.74) is 7.47. The second kappa shape index (κ2) is 7.57. The number of anilines is 1. The van der Waals surface area contributed by atoms with Crippen molar-refractivity contribution in [3.05, 3.63) is 30.1 Å². The summed E-state index contributed by atoms with van der Waals surface area (Å²) < 4.78 is 2.21. The lowest BCUT2D eigenvalue weighted by molar-refractivity contribution is -0.116. The van der Waals surface area contributed by atoms with Crippen LogP contribution >= 0.6 is 0 Å². The summed E-state index contributed by atoms with van der Waals surface area (Å²) in [4.78, 5) is 12.0. The molecule has 1 amide bonds. The third-order valence-corrected chi connectivity index (χ3v) is 4.34. The topological polar surface area (TPSA) is 85.8 Å². The third-order valence-electron chi connectivity index (χ3n) is 4.34. The quantitative estimate of drug-likeness (QED) is 0.884. The number of rotatable bonds is 5. The van der Waals surface area contributed by atoms with E-state index < -0.39 is 0 Å². The van der Waals surface area contributed by atoms with Gasteiger partial charge in [-0.25, -0.2) is 0 Å². The highest BCUT2D eigenvalue weighted by atomic mass is 16.1. The number of carbonyl (C=O) groups is 1. The Morgan fingerprint density at radius 2 is 2.21 bits per heavy atom. The van der Waals surface area contributed by atoms with Gasteiger partial charge >= 0.3 is 0 Å². The van der Waals surface area contributed by atoms with E-state index in [1.807, 2.05) is 31.2 Å². The first kappa shape index (κ1) is 16.6. The standard InChI is InChI=1S/C18H25N5O/c1-13(19)9-10-17(24)20-15-7-5-6-14(12-15)18-22-21-16-8-3-2-4-11-23(16)18/h5-7,12-13H,2-4,8-11,19H2,1H3,(H,20,24). The molecule has 1 aromatic carbocycles. The minimum atomic E-state index is -0.00970. The van der Waals surface area contributed by atoms with E-state index in [0.717, 1.165) is 42.3 Å². The lowest BCUT2D eigenvalue weighted by Gasteiger charge is -2.10. The summed E-state index contributed by atoms with van der Waals surface area (Å²) in [5, 5.41) is 11.7. The van der Waals surface area contributed by atoms with E-state index in [0.29, 0.717) is 12.8 Å². The van der Waals surface area contributed by atoms with Gasteiger partial charge in [0.05, 0.1) is 0 Å². The molecule has 128 valence electrons.